The Morgan fingerprint density at radius 1 is 1.31 bits per heavy atom. The van der Waals surface area contributed by atoms with Crippen LogP contribution in [0.2, 0.25) is 0 Å². The number of rotatable bonds is 6. The molecular weight excluding hydrogens is 473 g/mol. The second kappa shape index (κ2) is 9.34. The lowest BCUT2D eigenvalue weighted by atomic mass is 9.94. The SMILES string of the molecule is COCOc1cc2oc(C)cc(=O)c2cc1-c1ncc(N(C)[C@H]2C[C@@H]3CC[C@H]([C@H]2F)N3C(=O)O)nn1. The van der Waals surface area contributed by atoms with Gasteiger partial charge in [0.05, 0.1) is 29.2 Å². The summed E-state index contributed by atoms with van der Waals surface area (Å²) in [4.78, 5) is 31.4. The number of aromatic nitrogens is 3. The summed E-state index contributed by atoms with van der Waals surface area (Å²) in [7, 11) is 3.19. The predicted molar refractivity (Wildman–Crippen MR) is 127 cm³/mol. The smallest absolute Gasteiger partial charge is 0.407 e. The molecule has 1 N–H and O–H groups in total. The molecule has 2 fully saturated rings. The number of ether oxygens (including phenoxy) is 2. The van der Waals surface area contributed by atoms with Gasteiger partial charge in [0, 0.05) is 32.3 Å². The van der Waals surface area contributed by atoms with Crippen LogP contribution >= 0.6 is 0 Å². The van der Waals surface area contributed by atoms with Crippen molar-refractivity contribution in [2.75, 3.05) is 25.9 Å². The Labute approximate surface area is 205 Å². The quantitative estimate of drug-likeness (QED) is 0.505. The van der Waals surface area contributed by atoms with E-state index in [-0.39, 0.29) is 24.1 Å². The zero-order chi connectivity index (χ0) is 25.6. The lowest BCUT2D eigenvalue weighted by Crippen LogP contribution is -2.58. The van der Waals surface area contributed by atoms with E-state index in [0.717, 1.165) is 0 Å². The lowest BCUT2D eigenvalue weighted by Gasteiger charge is -2.43. The summed E-state index contributed by atoms with van der Waals surface area (Å²) in [6.07, 6.45) is 0.544. The fourth-order valence-corrected chi connectivity index (χ4v) is 5.24. The third-order valence-corrected chi connectivity index (χ3v) is 6.95. The normalized spacial score (nSPS) is 23.2. The van der Waals surface area contributed by atoms with Crippen LogP contribution < -0.4 is 15.1 Å². The molecule has 1 aromatic carbocycles. The predicted octanol–water partition coefficient (Wildman–Crippen LogP) is 2.99. The number of carboxylic acid groups (broad SMARTS) is 1. The van der Waals surface area contributed by atoms with Crippen LogP contribution in [-0.2, 0) is 4.74 Å². The highest BCUT2D eigenvalue weighted by molar-refractivity contribution is 5.85. The van der Waals surface area contributed by atoms with Crippen molar-refractivity contribution in [1.82, 2.24) is 20.1 Å². The number of methoxy groups -OCH3 is 1. The number of fused-ring (bicyclic) bond motifs is 3. The number of alkyl halides is 1. The minimum atomic E-state index is -1.36. The Bertz CT molecular complexity index is 1350. The van der Waals surface area contributed by atoms with Crippen molar-refractivity contribution < 1.29 is 28.2 Å². The summed E-state index contributed by atoms with van der Waals surface area (Å²) in [6.45, 7) is 1.64. The van der Waals surface area contributed by atoms with Gasteiger partial charge in [0.15, 0.2) is 23.9 Å². The molecule has 0 saturated carbocycles. The van der Waals surface area contributed by atoms with Crippen molar-refractivity contribution in [3.8, 4) is 17.1 Å². The van der Waals surface area contributed by atoms with Crippen LogP contribution in [0.1, 0.15) is 25.0 Å². The van der Waals surface area contributed by atoms with Gasteiger partial charge in [-0.3, -0.25) is 9.69 Å². The van der Waals surface area contributed by atoms with Gasteiger partial charge in [-0.15, -0.1) is 10.2 Å². The average molecular weight is 499 g/mol. The molecule has 2 aliphatic rings. The van der Waals surface area contributed by atoms with E-state index in [9.17, 15) is 14.7 Å². The topological polar surface area (TPSA) is 131 Å². The number of halogens is 1. The first-order valence-corrected chi connectivity index (χ1v) is 11.6. The maximum atomic E-state index is 15.3. The van der Waals surface area contributed by atoms with Crippen LogP contribution in [-0.4, -0.2) is 76.5 Å². The van der Waals surface area contributed by atoms with Crippen molar-refractivity contribution in [2.24, 2.45) is 0 Å². The van der Waals surface area contributed by atoms with Gasteiger partial charge < -0.3 is 23.9 Å². The van der Waals surface area contributed by atoms with Crippen LogP contribution in [0.15, 0.2) is 33.6 Å². The fraction of sp³-hybridized carbons (Fsp3) is 0.458. The summed E-state index contributed by atoms with van der Waals surface area (Å²) in [5.41, 5.74) is 0.568. The standard InChI is InChI=1S/C24H26FN5O6/c1-12-6-18(31)14-8-15(19(35-11-34-3)9-20(14)36-12)23-26-10-21(27-28-23)29(2)17-7-13-4-5-16(22(17)25)30(13)24(32)33/h6,8-10,13,16-17,22H,4-5,7,11H2,1-3H3,(H,32,33)/t13-,16+,17-,22+/m0/s1. The molecule has 2 aliphatic heterocycles. The number of benzene rings is 1. The van der Waals surface area contributed by atoms with Gasteiger partial charge in [0.25, 0.3) is 0 Å². The summed E-state index contributed by atoms with van der Waals surface area (Å²) in [5, 5.41) is 18.3. The first kappa shape index (κ1) is 23.9. The van der Waals surface area contributed by atoms with E-state index in [1.807, 2.05) is 0 Å². The summed E-state index contributed by atoms with van der Waals surface area (Å²) >= 11 is 0. The Balaban J connectivity index is 1.45. The number of carbonyl (C=O) groups is 1. The van der Waals surface area contributed by atoms with Gasteiger partial charge >= 0.3 is 6.09 Å². The van der Waals surface area contributed by atoms with E-state index in [1.165, 1.54) is 24.3 Å². The second-order valence-corrected chi connectivity index (χ2v) is 9.10. The zero-order valence-electron chi connectivity index (χ0n) is 20.0. The van der Waals surface area contributed by atoms with Gasteiger partial charge in [-0.05, 0) is 32.3 Å². The van der Waals surface area contributed by atoms with E-state index in [1.54, 1.807) is 31.0 Å². The summed E-state index contributed by atoms with van der Waals surface area (Å²) in [6, 6.07) is 3.14. The van der Waals surface area contributed by atoms with Gasteiger partial charge in [0.2, 0.25) is 0 Å². The third-order valence-electron chi connectivity index (χ3n) is 6.95. The molecule has 0 aliphatic carbocycles. The molecule has 1 amide bonds. The number of nitrogens with zero attached hydrogens (tertiary/aromatic N) is 5. The minimum Gasteiger partial charge on any atom is -0.467 e. The Morgan fingerprint density at radius 3 is 2.81 bits per heavy atom. The molecule has 2 aromatic heterocycles. The van der Waals surface area contributed by atoms with Crippen molar-refractivity contribution >= 4 is 22.9 Å². The highest BCUT2D eigenvalue weighted by atomic mass is 19.1. The monoisotopic (exact) mass is 499 g/mol. The lowest BCUT2D eigenvalue weighted by molar-refractivity contribution is 0.0489. The molecule has 0 unspecified atom stereocenters. The van der Waals surface area contributed by atoms with Crippen molar-refractivity contribution in [1.29, 1.82) is 0 Å². The molecule has 4 heterocycles. The molecule has 0 radical (unpaired) electrons. The van der Waals surface area contributed by atoms with E-state index in [2.05, 4.69) is 15.2 Å². The number of aryl methyl sites for hydroxylation is 1. The highest BCUT2D eigenvalue weighted by Gasteiger charge is 2.51. The van der Waals surface area contributed by atoms with E-state index >= 15 is 4.39 Å². The van der Waals surface area contributed by atoms with Gasteiger partial charge in [-0.2, -0.15) is 0 Å². The van der Waals surface area contributed by atoms with Gasteiger partial charge in [0.1, 0.15) is 23.3 Å². The Kier molecular flexibility index (Phi) is 6.20. The van der Waals surface area contributed by atoms with Crippen molar-refractivity contribution in [3.63, 3.8) is 0 Å². The third kappa shape index (κ3) is 4.11. The van der Waals surface area contributed by atoms with Crippen molar-refractivity contribution in [2.45, 2.75) is 50.5 Å². The van der Waals surface area contributed by atoms with E-state index in [0.29, 0.717) is 53.1 Å². The maximum Gasteiger partial charge on any atom is 0.407 e. The molecular formula is C24H26FN5O6. The molecule has 0 spiro atoms. The molecule has 5 rings (SSSR count). The van der Waals surface area contributed by atoms with E-state index in [4.69, 9.17) is 13.9 Å². The summed E-state index contributed by atoms with van der Waals surface area (Å²) < 4.78 is 31.7. The summed E-state index contributed by atoms with van der Waals surface area (Å²) in [5.74, 6) is 1.38. The highest BCUT2D eigenvalue weighted by Crippen LogP contribution is 2.40. The van der Waals surface area contributed by atoms with Gasteiger partial charge in [-0.1, -0.05) is 0 Å². The van der Waals surface area contributed by atoms with Crippen LogP contribution in [0.4, 0.5) is 15.0 Å². The number of amides is 1. The molecule has 11 nitrogen and oxygen atoms in total. The number of hydrogen-bond acceptors (Lipinski definition) is 9. The molecule has 2 bridgehead atoms. The number of anilines is 1. The van der Waals surface area contributed by atoms with Crippen LogP contribution in [0.3, 0.4) is 0 Å². The Hall–Kier alpha value is -3.80. The minimum absolute atomic E-state index is 0.0436. The maximum absolute atomic E-state index is 15.3. The zero-order valence-corrected chi connectivity index (χ0v) is 20.0. The molecule has 4 atom stereocenters. The fourth-order valence-electron chi connectivity index (χ4n) is 5.24. The van der Waals surface area contributed by atoms with Crippen LogP contribution in [0.25, 0.3) is 22.4 Å². The van der Waals surface area contributed by atoms with Gasteiger partial charge in [-0.25, -0.2) is 14.2 Å². The molecule has 36 heavy (non-hydrogen) atoms. The van der Waals surface area contributed by atoms with Crippen LogP contribution in [0, 0.1) is 6.92 Å². The second-order valence-electron chi connectivity index (χ2n) is 9.10. The van der Waals surface area contributed by atoms with Crippen molar-refractivity contribution in [3.05, 3.63) is 40.4 Å². The molecule has 12 heteroatoms. The molecule has 2 saturated heterocycles. The first-order valence-electron chi connectivity index (χ1n) is 11.6. The number of hydrogen-bond donors (Lipinski definition) is 1. The first-order chi connectivity index (χ1) is 17.3. The Morgan fingerprint density at radius 2 is 2.11 bits per heavy atom. The molecule has 3 aromatic rings. The average Bonchev–Trinajstić information content (AvgIpc) is 3.21. The van der Waals surface area contributed by atoms with Crippen LogP contribution in [0.5, 0.6) is 5.75 Å². The largest absolute Gasteiger partial charge is 0.467 e. The van der Waals surface area contributed by atoms with E-state index < -0.39 is 24.3 Å². The molecule has 190 valence electrons. The number of piperidine rings is 1.